The molecule has 2 aromatic heterocycles. The van der Waals surface area contributed by atoms with Gasteiger partial charge in [-0.25, -0.2) is 27.7 Å². The predicted octanol–water partition coefficient (Wildman–Crippen LogP) is 3.18. The lowest BCUT2D eigenvalue weighted by Crippen LogP contribution is -2.59. The van der Waals surface area contributed by atoms with Crippen LogP contribution in [0.5, 0.6) is 0 Å². The minimum Gasteiger partial charge on any atom is -0.461 e. The van der Waals surface area contributed by atoms with E-state index in [0.29, 0.717) is 24.4 Å². The lowest BCUT2D eigenvalue weighted by molar-refractivity contribution is 0.00564. The van der Waals surface area contributed by atoms with Crippen molar-refractivity contribution >= 4 is 33.4 Å². The second kappa shape index (κ2) is 9.46. The lowest BCUT2D eigenvalue weighted by Gasteiger charge is -2.45. The van der Waals surface area contributed by atoms with Crippen molar-refractivity contribution in [2.24, 2.45) is 0 Å². The normalized spacial score (nSPS) is 21.7. The number of amides is 1. The van der Waals surface area contributed by atoms with E-state index in [1.807, 2.05) is 46.4 Å². The van der Waals surface area contributed by atoms with Gasteiger partial charge >= 0.3 is 12.1 Å². The fourth-order valence-corrected chi connectivity index (χ4v) is 6.13. The number of rotatable bonds is 6. The maximum absolute atomic E-state index is 13.3. The van der Waals surface area contributed by atoms with E-state index in [-0.39, 0.29) is 35.4 Å². The molecule has 1 amide bonds. The zero-order valence-electron chi connectivity index (χ0n) is 22.6. The van der Waals surface area contributed by atoms with Crippen molar-refractivity contribution in [1.29, 1.82) is 0 Å². The third-order valence-electron chi connectivity index (χ3n) is 6.60. The maximum Gasteiger partial charge on any atom is 0.410 e. The van der Waals surface area contributed by atoms with Gasteiger partial charge in [0.2, 0.25) is 10.0 Å². The van der Waals surface area contributed by atoms with Crippen molar-refractivity contribution in [3.63, 3.8) is 0 Å². The smallest absolute Gasteiger partial charge is 0.410 e. The highest BCUT2D eigenvalue weighted by atomic mass is 32.2. The minimum atomic E-state index is -3.87. The van der Waals surface area contributed by atoms with Crippen LogP contribution >= 0.6 is 0 Å². The number of aromatic nitrogens is 2. The molecule has 4 rings (SSSR count). The summed E-state index contributed by atoms with van der Waals surface area (Å²) in [5.41, 5.74) is 0.0510. The molecule has 2 aliphatic rings. The van der Waals surface area contributed by atoms with Crippen molar-refractivity contribution in [3.8, 4) is 0 Å². The molecule has 1 aliphatic carbocycles. The van der Waals surface area contributed by atoms with Gasteiger partial charge < -0.3 is 14.4 Å². The van der Waals surface area contributed by atoms with Gasteiger partial charge in [0.1, 0.15) is 10.5 Å². The third kappa shape index (κ3) is 5.69. The molecule has 0 radical (unpaired) electrons. The second-order valence-corrected chi connectivity index (χ2v) is 13.0. The molecule has 1 N–H and O–H groups in total. The summed E-state index contributed by atoms with van der Waals surface area (Å²) in [4.78, 5) is 33.7. The van der Waals surface area contributed by atoms with Gasteiger partial charge in [-0.3, -0.25) is 9.30 Å². The van der Waals surface area contributed by atoms with Crippen LogP contribution in [0.25, 0.3) is 5.65 Å². The van der Waals surface area contributed by atoms with E-state index < -0.39 is 27.1 Å². The Morgan fingerprint density at radius 1 is 1.19 bits per heavy atom. The number of piperazine rings is 1. The van der Waals surface area contributed by atoms with Crippen LogP contribution < -0.4 is 9.62 Å². The molecule has 2 fully saturated rings. The zero-order valence-corrected chi connectivity index (χ0v) is 23.4. The van der Waals surface area contributed by atoms with E-state index in [1.165, 1.54) is 16.8 Å². The Labute approximate surface area is 218 Å². The number of carbonyl (C=O) groups is 2. The highest BCUT2D eigenvalue weighted by Gasteiger charge is 2.42. The first-order valence-electron chi connectivity index (χ1n) is 12.6. The number of nitrogens with one attached hydrogen (secondary N) is 1. The Morgan fingerprint density at radius 2 is 1.81 bits per heavy atom. The van der Waals surface area contributed by atoms with Crippen LogP contribution in [-0.2, 0) is 19.5 Å². The van der Waals surface area contributed by atoms with Crippen molar-refractivity contribution in [2.75, 3.05) is 24.6 Å². The van der Waals surface area contributed by atoms with Gasteiger partial charge in [0.05, 0.1) is 30.6 Å². The molecule has 0 bridgehead atoms. The Morgan fingerprint density at radius 3 is 2.35 bits per heavy atom. The molecule has 1 saturated heterocycles. The van der Waals surface area contributed by atoms with Crippen LogP contribution in [0, 0.1) is 0 Å². The van der Waals surface area contributed by atoms with Crippen molar-refractivity contribution in [2.45, 2.75) is 89.4 Å². The fraction of sp³-hybridized carbons (Fsp3) is 0.640. The SMILES string of the molecule is CCOC(=O)c1cnc2c(N3C[C@H](C)N(C(=O)OC(C)(C)C)[C@@H](C)C3)cc(S(=O)(=O)NC3(C)CC3)cn12. The molecule has 204 valence electrons. The van der Waals surface area contributed by atoms with Gasteiger partial charge in [-0.2, -0.15) is 0 Å². The van der Waals surface area contributed by atoms with Gasteiger partial charge in [-0.1, -0.05) is 0 Å². The topological polar surface area (TPSA) is 123 Å². The molecule has 3 heterocycles. The van der Waals surface area contributed by atoms with Gasteiger partial charge in [-0.05, 0) is 67.4 Å². The highest BCUT2D eigenvalue weighted by Crippen LogP contribution is 2.37. The van der Waals surface area contributed by atoms with Crippen molar-refractivity contribution < 1.29 is 27.5 Å². The van der Waals surface area contributed by atoms with E-state index >= 15 is 0 Å². The average molecular weight is 536 g/mol. The summed E-state index contributed by atoms with van der Waals surface area (Å²) >= 11 is 0. The van der Waals surface area contributed by atoms with E-state index in [1.54, 1.807) is 17.9 Å². The Balaban J connectivity index is 1.75. The van der Waals surface area contributed by atoms with Crippen molar-refractivity contribution in [1.82, 2.24) is 19.0 Å². The number of hydrogen-bond donors (Lipinski definition) is 1. The maximum atomic E-state index is 13.3. The lowest BCUT2D eigenvalue weighted by atomic mass is 10.1. The van der Waals surface area contributed by atoms with Crippen LogP contribution in [0.1, 0.15) is 71.8 Å². The number of hydrogen-bond acceptors (Lipinski definition) is 8. The molecule has 11 nitrogen and oxygen atoms in total. The molecule has 2 aromatic rings. The monoisotopic (exact) mass is 535 g/mol. The summed E-state index contributed by atoms with van der Waals surface area (Å²) in [5, 5.41) is 0. The van der Waals surface area contributed by atoms with Crippen LogP contribution in [0.15, 0.2) is 23.4 Å². The molecule has 1 aliphatic heterocycles. The Hall–Kier alpha value is -2.86. The van der Waals surface area contributed by atoms with Crippen LogP contribution in [0.4, 0.5) is 10.5 Å². The van der Waals surface area contributed by atoms with E-state index in [2.05, 4.69) is 9.71 Å². The Kier molecular flexibility index (Phi) is 6.95. The largest absolute Gasteiger partial charge is 0.461 e. The molecule has 2 atom stereocenters. The minimum absolute atomic E-state index is 0.0292. The molecule has 0 spiro atoms. The number of imidazole rings is 1. The Bertz CT molecular complexity index is 1300. The number of sulfonamides is 1. The number of ether oxygens (including phenoxy) is 2. The molecule has 37 heavy (non-hydrogen) atoms. The first-order valence-corrected chi connectivity index (χ1v) is 14.1. The van der Waals surface area contributed by atoms with E-state index in [9.17, 15) is 18.0 Å². The summed E-state index contributed by atoms with van der Waals surface area (Å²) in [6, 6.07) is 1.15. The average Bonchev–Trinajstić information content (AvgIpc) is 3.31. The number of carbonyl (C=O) groups excluding carboxylic acids is 2. The number of nitrogens with zero attached hydrogens (tertiary/aromatic N) is 4. The molecule has 1 saturated carbocycles. The number of fused-ring (bicyclic) bond motifs is 1. The molecule has 0 unspecified atom stereocenters. The number of esters is 1. The summed E-state index contributed by atoms with van der Waals surface area (Å²) in [6.07, 6.45) is 3.95. The van der Waals surface area contributed by atoms with Gasteiger partial charge in [0.15, 0.2) is 11.3 Å². The van der Waals surface area contributed by atoms with Crippen molar-refractivity contribution in [3.05, 3.63) is 24.2 Å². The van der Waals surface area contributed by atoms with Crippen LogP contribution in [0.2, 0.25) is 0 Å². The molecular formula is C25H37N5O6S. The van der Waals surface area contributed by atoms with Gasteiger partial charge in [-0.15, -0.1) is 0 Å². The first-order chi connectivity index (χ1) is 17.1. The highest BCUT2D eigenvalue weighted by molar-refractivity contribution is 7.89. The first kappa shape index (κ1) is 27.2. The van der Waals surface area contributed by atoms with Crippen LogP contribution in [0.3, 0.4) is 0 Å². The van der Waals surface area contributed by atoms with E-state index in [0.717, 1.165) is 12.8 Å². The quantitative estimate of drug-likeness (QED) is 0.560. The second-order valence-electron chi connectivity index (χ2n) is 11.3. The summed E-state index contributed by atoms with van der Waals surface area (Å²) < 4.78 is 41.7. The zero-order chi connectivity index (χ0) is 27.3. The van der Waals surface area contributed by atoms with Gasteiger partial charge in [0.25, 0.3) is 0 Å². The fourth-order valence-electron chi connectivity index (χ4n) is 4.65. The summed E-state index contributed by atoms with van der Waals surface area (Å²) in [6.45, 7) is 13.9. The third-order valence-corrected chi connectivity index (χ3v) is 8.21. The predicted molar refractivity (Wildman–Crippen MR) is 138 cm³/mol. The summed E-state index contributed by atoms with van der Waals surface area (Å²) in [5.74, 6) is -0.589. The molecule has 0 aromatic carbocycles. The molecule has 12 heteroatoms. The van der Waals surface area contributed by atoms with Gasteiger partial charge in [0, 0.05) is 24.8 Å². The standard InChI is InChI=1S/C25H37N5O6S/c1-8-35-22(31)20-12-26-21-19(11-18(15-29(20)21)37(33,34)27-25(7)9-10-25)28-13-16(2)30(17(3)14-28)23(32)36-24(4,5)6/h11-12,15-17,27H,8-10,13-14H2,1-7H3/t16-,17-/m0/s1. The van der Waals surface area contributed by atoms with E-state index in [4.69, 9.17) is 9.47 Å². The molecular weight excluding hydrogens is 498 g/mol. The van der Waals surface area contributed by atoms with Crippen LogP contribution in [-0.4, -0.2) is 77.7 Å². The number of pyridine rings is 1. The number of anilines is 1. The summed E-state index contributed by atoms with van der Waals surface area (Å²) in [7, 11) is -3.87.